The molecule has 0 aromatic rings. The lowest BCUT2D eigenvalue weighted by Crippen LogP contribution is -2.35. The number of oxime groups is 1. The van der Waals surface area contributed by atoms with Gasteiger partial charge in [0, 0.05) is 13.1 Å². The first-order valence-corrected chi connectivity index (χ1v) is 4.42. The van der Waals surface area contributed by atoms with E-state index in [9.17, 15) is 4.79 Å². The maximum Gasteiger partial charge on any atom is 0.265 e. The summed E-state index contributed by atoms with van der Waals surface area (Å²) in [5.74, 6) is -0.366. The third-order valence-corrected chi connectivity index (χ3v) is 1.80. The first kappa shape index (κ1) is 15.7. The molecule has 0 fully saturated rings. The Morgan fingerprint density at radius 1 is 1.50 bits per heavy atom. The summed E-state index contributed by atoms with van der Waals surface area (Å²) < 4.78 is 0. The fourth-order valence-corrected chi connectivity index (χ4v) is 0.975. The summed E-state index contributed by atoms with van der Waals surface area (Å²) in [4.78, 5) is 13.0. The van der Waals surface area contributed by atoms with Gasteiger partial charge in [-0.05, 0) is 13.1 Å². The van der Waals surface area contributed by atoms with Gasteiger partial charge >= 0.3 is 0 Å². The smallest absolute Gasteiger partial charge is 0.265 e. The first-order chi connectivity index (χ1) is 6.24. The van der Waals surface area contributed by atoms with Crippen LogP contribution in [0.4, 0.5) is 0 Å². The third kappa shape index (κ3) is 7.82. The average Bonchev–Trinajstić information content (AvgIpc) is 2.13. The summed E-state index contributed by atoms with van der Waals surface area (Å²) >= 11 is 0. The van der Waals surface area contributed by atoms with Crippen molar-refractivity contribution in [2.45, 2.75) is 13.8 Å². The largest absolute Gasteiger partial charge is 0.411 e. The zero-order chi connectivity index (χ0) is 10.1. The van der Waals surface area contributed by atoms with Gasteiger partial charge in [0.05, 0.1) is 0 Å². The molecule has 84 valence electrons. The predicted molar refractivity (Wildman–Crippen MR) is 58.3 cm³/mol. The Kier molecular flexibility index (Phi) is 11.5. The summed E-state index contributed by atoms with van der Waals surface area (Å²) in [7, 11) is 0. The molecule has 0 bridgehead atoms. The minimum absolute atomic E-state index is 0. The van der Waals surface area contributed by atoms with E-state index in [4.69, 9.17) is 5.21 Å². The molecule has 0 aliphatic carbocycles. The van der Waals surface area contributed by atoms with Crippen molar-refractivity contribution in [3.05, 3.63) is 0 Å². The van der Waals surface area contributed by atoms with E-state index in [1.807, 2.05) is 0 Å². The number of amides is 1. The van der Waals surface area contributed by atoms with Gasteiger partial charge < -0.3 is 15.4 Å². The Balaban J connectivity index is 0. The number of hydrogen-bond donors (Lipinski definition) is 2. The summed E-state index contributed by atoms with van der Waals surface area (Å²) in [6.45, 7) is 7.48. The standard InChI is InChI=1S/C8H17N3O2.ClH/c1-3-11(4-2)6-5-9-8(12)7-10-13;/h7,13H,3-6H2,1-2H3,(H,9,12);1H/b10-7+;. The number of rotatable bonds is 6. The minimum atomic E-state index is -0.366. The molecule has 14 heavy (non-hydrogen) atoms. The van der Waals surface area contributed by atoms with Crippen molar-refractivity contribution in [3.8, 4) is 0 Å². The van der Waals surface area contributed by atoms with Crippen molar-refractivity contribution >= 4 is 24.5 Å². The van der Waals surface area contributed by atoms with Gasteiger partial charge in [0.1, 0.15) is 6.21 Å². The van der Waals surface area contributed by atoms with Crippen molar-refractivity contribution < 1.29 is 10.0 Å². The molecular formula is C8H18ClN3O2. The lowest BCUT2D eigenvalue weighted by molar-refractivity contribution is -0.114. The Hall–Kier alpha value is -0.810. The highest BCUT2D eigenvalue weighted by molar-refractivity contribution is 6.25. The van der Waals surface area contributed by atoms with Gasteiger partial charge in [0.15, 0.2) is 0 Å². The van der Waals surface area contributed by atoms with E-state index in [2.05, 4.69) is 29.2 Å². The summed E-state index contributed by atoms with van der Waals surface area (Å²) in [6, 6.07) is 0. The molecule has 0 aliphatic heterocycles. The molecule has 0 unspecified atom stereocenters. The van der Waals surface area contributed by atoms with Crippen LogP contribution in [0.15, 0.2) is 5.16 Å². The van der Waals surface area contributed by atoms with Crippen molar-refractivity contribution in [1.29, 1.82) is 0 Å². The monoisotopic (exact) mass is 223 g/mol. The van der Waals surface area contributed by atoms with Crippen LogP contribution in [-0.4, -0.2) is 48.4 Å². The molecule has 1 amide bonds. The predicted octanol–water partition coefficient (Wildman–Crippen LogP) is 0.326. The molecule has 0 spiro atoms. The van der Waals surface area contributed by atoms with Crippen LogP contribution >= 0.6 is 12.4 Å². The van der Waals surface area contributed by atoms with Gasteiger partial charge in [-0.1, -0.05) is 19.0 Å². The lowest BCUT2D eigenvalue weighted by atomic mass is 10.4. The molecule has 6 heteroatoms. The van der Waals surface area contributed by atoms with Crippen LogP contribution in [0.25, 0.3) is 0 Å². The highest BCUT2D eigenvalue weighted by atomic mass is 35.5. The molecule has 0 radical (unpaired) electrons. The van der Waals surface area contributed by atoms with E-state index in [1.165, 1.54) is 0 Å². The summed E-state index contributed by atoms with van der Waals surface area (Å²) in [6.07, 6.45) is 0.849. The van der Waals surface area contributed by atoms with Crippen LogP contribution in [0.5, 0.6) is 0 Å². The summed E-state index contributed by atoms with van der Waals surface area (Å²) in [5, 5.41) is 13.3. The molecule has 2 N–H and O–H groups in total. The fraction of sp³-hybridized carbons (Fsp3) is 0.750. The van der Waals surface area contributed by atoms with Gasteiger partial charge in [0.2, 0.25) is 0 Å². The zero-order valence-corrected chi connectivity index (χ0v) is 9.38. The van der Waals surface area contributed by atoms with Crippen LogP contribution in [0, 0.1) is 0 Å². The van der Waals surface area contributed by atoms with E-state index >= 15 is 0 Å². The van der Waals surface area contributed by atoms with Crippen molar-refractivity contribution in [2.75, 3.05) is 26.2 Å². The molecule has 0 heterocycles. The number of likely N-dealkylation sites (N-methyl/N-ethyl adjacent to an activating group) is 1. The fourth-order valence-electron chi connectivity index (χ4n) is 0.975. The van der Waals surface area contributed by atoms with E-state index in [-0.39, 0.29) is 18.3 Å². The molecule has 0 aliphatic rings. The molecule has 0 rings (SSSR count). The minimum Gasteiger partial charge on any atom is -0.411 e. The quantitative estimate of drug-likeness (QED) is 0.388. The average molecular weight is 224 g/mol. The van der Waals surface area contributed by atoms with E-state index < -0.39 is 0 Å². The third-order valence-electron chi connectivity index (χ3n) is 1.80. The molecule has 0 saturated heterocycles. The van der Waals surface area contributed by atoms with Crippen LogP contribution in [0.2, 0.25) is 0 Å². The Labute approximate surface area is 90.6 Å². The number of carbonyl (C=O) groups is 1. The number of nitrogens with one attached hydrogen (secondary N) is 1. The molecule has 5 nitrogen and oxygen atoms in total. The van der Waals surface area contributed by atoms with E-state index in [0.717, 1.165) is 25.8 Å². The Bertz CT molecular complexity index is 172. The first-order valence-electron chi connectivity index (χ1n) is 4.42. The topological polar surface area (TPSA) is 64.9 Å². The maximum atomic E-state index is 10.8. The van der Waals surface area contributed by atoms with Gasteiger partial charge in [-0.3, -0.25) is 4.79 Å². The maximum absolute atomic E-state index is 10.8. The van der Waals surface area contributed by atoms with Crippen LogP contribution in [0.1, 0.15) is 13.8 Å². The normalized spacial score (nSPS) is 10.2. The molecule has 0 aromatic carbocycles. The molecular weight excluding hydrogens is 206 g/mol. The van der Waals surface area contributed by atoms with Gasteiger partial charge in [-0.15, -0.1) is 12.4 Å². The van der Waals surface area contributed by atoms with Crippen LogP contribution in [0.3, 0.4) is 0 Å². The highest BCUT2D eigenvalue weighted by Crippen LogP contribution is 1.83. The molecule has 0 aromatic heterocycles. The van der Waals surface area contributed by atoms with E-state index in [1.54, 1.807) is 0 Å². The zero-order valence-electron chi connectivity index (χ0n) is 8.56. The highest BCUT2D eigenvalue weighted by Gasteiger charge is 1.99. The summed E-state index contributed by atoms with van der Waals surface area (Å²) in [5.41, 5.74) is 0. The second kappa shape index (κ2) is 10.3. The van der Waals surface area contributed by atoms with Crippen molar-refractivity contribution in [2.24, 2.45) is 5.16 Å². The molecule has 0 saturated carbocycles. The number of hydrogen-bond acceptors (Lipinski definition) is 4. The van der Waals surface area contributed by atoms with E-state index in [0.29, 0.717) is 6.54 Å². The van der Waals surface area contributed by atoms with Gasteiger partial charge in [0.25, 0.3) is 5.91 Å². The Morgan fingerprint density at radius 3 is 2.50 bits per heavy atom. The number of nitrogens with zero attached hydrogens (tertiary/aromatic N) is 2. The second-order valence-corrected chi connectivity index (χ2v) is 2.56. The van der Waals surface area contributed by atoms with Gasteiger partial charge in [-0.25, -0.2) is 0 Å². The van der Waals surface area contributed by atoms with Crippen LogP contribution < -0.4 is 5.32 Å². The van der Waals surface area contributed by atoms with Crippen molar-refractivity contribution in [1.82, 2.24) is 10.2 Å². The number of carbonyl (C=O) groups excluding carboxylic acids is 1. The molecule has 0 atom stereocenters. The van der Waals surface area contributed by atoms with Crippen molar-refractivity contribution in [3.63, 3.8) is 0 Å². The lowest BCUT2D eigenvalue weighted by Gasteiger charge is -2.17. The number of halogens is 1. The SMILES string of the molecule is CCN(CC)CCNC(=O)/C=N/O.Cl. The van der Waals surface area contributed by atoms with Gasteiger partial charge in [-0.2, -0.15) is 0 Å². The second-order valence-electron chi connectivity index (χ2n) is 2.56. The Morgan fingerprint density at radius 2 is 2.07 bits per heavy atom. The van der Waals surface area contributed by atoms with Crippen LogP contribution in [-0.2, 0) is 4.79 Å².